The minimum Gasteiger partial charge on any atom is -0.493 e. The van der Waals surface area contributed by atoms with Crippen LogP contribution in [-0.2, 0) is 13.0 Å². The Kier molecular flexibility index (Phi) is 4.06. The molecule has 1 heterocycles. The second kappa shape index (κ2) is 5.98. The van der Waals surface area contributed by atoms with Crippen LogP contribution in [0.3, 0.4) is 0 Å². The van der Waals surface area contributed by atoms with Crippen LogP contribution in [0.2, 0.25) is 0 Å². The quantitative estimate of drug-likeness (QED) is 0.850. The molecule has 1 aliphatic heterocycles. The van der Waals surface area contributed by atoms with Crippen LogP contribution in [0.15, 0.2) is 40.9 Å². The van der Waals surface area contributed by atoms with E-state index in [-0.39, 0.29) is 0 Å². The summed E-state index contributed by atoms with van der Waals surface area (Å²) < 4.78 is 6.94. The highest BCUT2D eigenvalue weighted by atomic mass is 79.9. The molecule has 2 aromatic carbocycles. The summed E-state index contributed by atoms with van der Waals surface area (Å²) in [4.78, 5) is 2.32. The Hall–Kier alpha value is -1.68. The predicted octanol–water partition coefficient (Wildman–Crippen LogP) is 3.99. The lowest BCUT2D eigenvalue weighted by Crippen LogP contribution is -2.22. The van der Waals surface area contributed by atoms with Crippen LogP contribution in [0.1, 0.15) is 18.1 Å². The van der Waals surface area contributed by atoms with E-state index in [4.69, 9.17) is 10.5 Å². The van der Waals surface area contributed by atoms with Crippen molar-refractivity contribution < 1.29 is 4.74 Å². The molecule has 0 bridgehead atoms. The molecule has 3 nitrogen and oxygen atoms in total. The van der Waals surface area contributed by atoms with E-state index in [9.17, 15) is 0 Å². The van der Waals surface area contributed by atoms with Gasteiger partial charge in [0.2, 0.25) is 0 Å². The summed E-state index contributed by atoms with van der Waals surface area (Å²) in [5.41, 5.74) is 10.3. The average Bonchev–Trinajstić information content (AvgIpc) is 2.94. The molecule has 0 spiro atoms. The monoisotopic (exact) mass is 346 g/mol. The van der Waals surface area contributed by atoms with Crippen LogP contribution in [0.5, 0.6) is 5.75 Å². The maximum atomic E-state index is 5.82. The fraction of sp³-hybridized carbons (Fsp3) is 0.294. The van der Waals surface area contributed by atoms with Gasteiger partial charge in [0.1, 0.15) is 5.75 Å². The maximum absolute atomic E-state index is 5.82. The normalized spacial score (nSPS) is 12.9. The number of fused-ring (bicyclic) bond motifs is 1. The van der Waals surface area contributed by atoms with Crippen molar-refractivity contribution in [2.24, 2.45) is 0 Å². The van der Waals surface area contributed by atoms with Crippen molar-refractivity contribution >= 4 is 27.3 Å². The molecule has 0 saturated heterocycles. The smallest absolute Gasteiger partial charge is 0.127 e. The molecule has 21 heavy (non-hydrogen) atoms. The van der Waals surface area contributed by atoms with Gasteiger partial charge < -0.3 is 15.4 Å². The van der Waals surface area contributed by atoms with Crippen molar-refractivity contribution in [3.8, 4) is 5.75 Å². The second-order valence-electron chi connectivity index (χ2n) is 5.26. The van der Waals surface area contributed by atoms with Gasteiger partial charge in [-0.3, -0.25) is 0 Å². The lowest BCUT2D eigenvalue weighted by atomic mass is 10.1. The Morgan fingerprint density at radius 1 is 1.24 bits per heavy atom. The second-order valence-corrected chi connectivity index (χ2v) is 6.17. The summed E-state index contributed by atoms with van der Waals surface area (Å²) in [5, 5.41) is 0. The van der Waals surface area contributed by atoms with Gasteiger partial charge in [0.05, 0.1) is 6.61 Å². The molecule has 2 aromatic rings. The van der Waals surface area contributed by atoms with E-state index in [1.54, 1.807) is 0 Å². The molecule has 0 saturated carbocycles. The molecule has 0 radical (unpaired) electrons. The highest BCUT2D eigenvalue weighted by Crippen LogP contribution is 2.34. The van der Waals surface area contributed by atoms with E-state index in [1.807, 2.05) is 12.1 Å². The van der Waals surface area contributed by atoms with Gasteiger partial charge in [0.15, 0.2) is 0 Å². The molecule has 0 aromatic heterocycles. The van der Waals surface area contributed by atoms with Crippen molar-refractivity contribution in [1.82, 2.24) is 0 Å². The summed E-state index contributed by atoms with van der Waals surface area (Å²) in [6.07, 6.45) is 0.996. The minimum absolute atomic E-state index is 0.785. The highest BCUT2D eigenvalue weighted by Gasteiger charge is 2.19. The molecular weight excluding hydrogens is 328 g/mol. The lowest BCUT2D eigenvalue weighted by Gasteiger charge is -2.24. The van der Waals surface area contributed by atoms with E-state index in [0.29, 0.717) is 0 Å². The molecule has 0 unspecified atom stereocenters. The Bertz CT molecular complexity index is 640. The number of benzene rings is 2. The van der Waals surface area contributed by atoms with Crippen LogP contribution < -0.4 is 15.4 Å². The largest absolute Gasteiger partial charge is 0.493 e. The number of anilines is 2. The topological polar surface area (TPSA) is 38.5 Å². The fourth-order valence-corrected chi connectivity index (χ4v) is 3.29. The average molecular weight is 347 g/mol. The van der Waals surface area contributed by atoms with E-state index in [1.165, 1.54) is 16.8 Å². The maximum Gasteiger partial charge on any atom is 0.127 e. The van der Waals surface area contributed by atoms with Gasteiger partial charge in [-0.1, -0.05) is 15.9 Å². The molecule has 0 amide bonds. The Morgan fingerprint density at radius 3 is 2.71 bits per heavy atom. The van der Waals surface area contributed by atoms with Gasteiger partial charge in [0, 0.05) is 40.9 Å². The summed E-state index contributed by atoms with van der Waals surface area (Å²) in [5.74, 6) is 1.06. The van der Waals surface area contributed by atoms with Crippen molar-refractivity contribution in [3.63, 3.8) is 0 Å². The molecule has 1 aliphatic rings. The number of ether oxygens (including phenoxy) is 1. The van der Waals surface area contributed by atoms with E-state index >= 15 is 0 Å². The highest BCUT2D eigenvalue weighted by molar-refractivity contribution is 9.10. The van der Waals surface area contributed by atoms with Crippen molar-refractivity contribution in [1.29, 1.82) is 0 Å². The van der Waals surface area contributed by atoms with Gasteiger partial charge >= 0.3 is 0 Å². The molecule has 4 heteroatoms. The minimum atomic E-state index is 0.785. The van der Waals surface area contributed by atoms with Gasteiger partial charge in [-0.2, -0.15) is 0 Å². The van der Waals surface area contributed by atoms with E-state index < -0.39 is 0 Å². The first-order valence-corrected chi connectivity index (χ1v) is 8.01. The van der Waals surface area contributed by atoms with E-state index in [0.717, 1.165) is 42.0 Å². The number of halogens is 1. The van der Waals surface area contributed by atoms with E-state index in [2.05, 4.69) is 52.0 Å². The van der Waals surface area contributed by atoms with Crippen molar-refractivity contribution in [2.45, 2.75) is 19.9 Å². The Morgan fingerprint density at radius 2 is 2.00 bits per heavy atom. The fourth-order valence-electron chi connectivity index (χ4n) is 2.74. The predicted molar refractivity (Wildman–Crippen MR) is 90.9 cm³/mol. The first-order chi connectivity index (χ1) is 10.2. The first-order valence-electron chi connectivity index (χ1n) is 7.22. The van der Waals surface area contributed by atoms with Crippen LogP contribution in [0, 0.1) is 0 Å². The van der Waals surface area contributed by atoms with Crippen LogP contribution in [0.4, 0.5) is 11.4 Å². The third-order valence-electron chi connectivity index (χ3n) is 3.83. The zero-order chi connectivity index (χ0) is 14.8. The standard InChI is InChI=1S/C17H19BrN2O/c1-2-20(16-5-3-15(19)4-6-16)11-13-10-14(18)9-12-7-8-21-17(12)13/h3-6,9-10H,2,7-8,11,19H2,1H3. The summed E-state index contributed by atoms with van der Waals surface area (Å²) in [6, 6.07) is 12.3. The van der Waals surface area contributed by atoms with Gasteiger partial charge in [-0.25, -0.2) is 0 Å². The number of hydrogen-bond donors (Lipinski definition) is 1. The molecule has 0 aliphatic carbocycles. The number of hydrogen-bond acceptors (Lipinski definition) is 3. The molecule has 110 valence electrons. The summed E-state index contributed by atoms with van der Waals surface area (Å²) in [6.45, 7) is 4.72. The zero-order valence-corrected chi connectivity index (χ0v) is 13.7. The zero-order valence-electron chi connectivity index (χ0n) is 12.1. The van der Waals surface area contributed by atoms with Gasteiger partial charge in [0.25, 0.3) is 0 Å². The summed E-state index contributed by atoms with van der Waals surface area (Å²) in [7, 11) is 0. The molecular formula is C17H19BrN2O. The molecule has 2 N–H and O–H groups in total. The number of nitrogen functional groups attached to an aromatic ring is 1. The van der Waals surface area contributed by atoms with Crippen LogP contribution >= 0.6 is 15.9 Å². The van der Waals surface area contributed by atoms with Gasteiger partial charge in [-0.15, -0.1) is 0 Å². The molecule has 0 fully saturated rings. The number of rotatable bonds is 4. The lowest BCUT2D eigenvalue weighted by molar-refractivity contribution is 0.353. The molecule has 0 atom stereocenters. The third-order valence-corrected chi connectivity index (χ3v) is 4.28. The third kappa shape index (κ3) is 3.00. The first kappa shape index (κ1) is 14.3. The van der Waals surface area contributed by atoms with Crippen LogP contribution in [-0.4, -0.2) is 13.2 Å². The Labute approximate surface area is 133 Å². The number of nitrogens with two attached hydrogens (primary N) is 1. The van der Waals surface area contributed by atoms with Gasteiger partial charge in [-0.05, 0) is 48.9 Å². The Balaban J connectivity index is 1.89. The SMILES string of the molecule is CCN(Cc1cc(Br)cc2c1OCC2)c1ccc(N)cc1. The van der Waals surface area contributed by atoms with Crippen molar-refractivity contribution in [3.05, 3.63) is 52.0 Å². The van der Waals surface area contributed by atoms with Crippen LogP contribution in [0.25, 0.3) is 0 Å². The number of nitrogens with zero attached hydrogens (tertiary/aromatic N) is 1. The summed E-state index contributed by atoms with van der Waals surface area (Å²) >= 11 is 3.60. The van der Waals surface area contributed by atoms with Crippen molar-refractivity contribution in [2.75, 3.05) is 23.8 Å². The molecule has 3 rings (SSSR count).